The van der Waals surface area contributed by atoms with Crippen molar-refractivity contribution >= 4 is 10.8 Å². The van der Waals surface area contributed by atoms with E-state index in [1.807, 2.05) is 18.2 Å². The molecule has 4 heteroatoms. The molecule has 0 atom stereocenters. The zero-order valence-corrected chi connectivity index (χ0v) is 9.82. The van der Waals surface area contributed by atoms with Crippen LogP contribution in [0.5, 0.6) is 0 Å². The predicted molar refractivity (Wildman–Crippen MR) is 69.0 cm³/mol. The third-order valence-corrected chi connectivity index (χ3v) is 2.96. The summed E-state index contributed by atoms with van der Waals surface area (Å²) in [5.41, 5.74) is 1.79. The summed E-state index contributed by atoms with van der Waals surface area (Å²) in [5, 5.41) is 19.3. The molecule has 18 heavy (non-hydrogen) atoms. The predicted octanol–water partition coefficient (Wildman–Crippen LogP) is 1.97. The van der Waals surface area contributed by atoms with Gasteiger partial charge in [0.1, 0.15) is 5.69 Å². The first-order valence-corrected chi connectivity index (χ1v) is 5.83. The normalized spacial score (nSPS) is 10.9. The Bertz CT molecular complexity index is 670. The lowest BCUT2D eigenvalue weighted by molar-refractivity contribution is 0.276. The minimum atomic E-state index is -0.0739. The summed E-state index contributed by atoms with van der Waals surface area (Å²) in [7, 11) is 0. The molecule has 0 aliphatic heterocycles. The van der Waals surface area contributed by atoms with Crippen LogP contribution >= 0.6 is 0 Å². The average Bonchev–Trinajstić information content (AvgIpc) is 2.87. The Hall–Kier alpha value is -2.20. The van der Waals surface area contributed by atoms with Gasteiger partial charge in [0, 0.05) is 0 Å². The van der Waals surface area contributed by atoms with Crippen LogP contribution in [-0.2, 0) is 13.2 Å². The summed E-state index contributed by atoms with van der Waals surface area (Å²) in [6.45, 7) is 0.587. The lowest BCUT2D eigenvalue weighted by atomic mass is 10.0. The van der Waals surface area contributed by atoms with Crippen LogP contribution < -0.4 is 0 Å². The van der Waals surface area contributed by atoms with Gasteiger partial charge in [0.2, 0.25) is 0 Å². The minimum Gasteiger partial charge on any atom is -0.390 e. The highest BCUT2D eigenvalue weighted by molar-refractivity contribution is 5.85. The van der Waals surface area contributed by atoms with E-state index in [1.54, 1.807) is 10.9 Å². The van der Waals surface area contributed by atoms with E-state index in [2.05, 4.69) is 34.6 Å². The second-order valence-electron chi connectivity index (χ2n) is 4.20. The van der Waals surface area contributed by atoms with Crippen molar-refractivity contribution in [3.63, 3.8) is 0 Å². The van der Waals surface area contributed by atoms with E-state index < -0.39 is 0 Å². The third-order valence-electron chi connectivity index (χ3n) is 2.96. The van der Waals surface area contributed by atoms with Crippen LogP contribution in [0, 0.1) is 0 Å². The minimum absolute atomic E-state index is 0.0739. The Morgan fingerprint density at radius 1 is 1.06 bits per heavy atom. The highest BCUT2D eigenvalue weighted by Crippen LogP contribution is 2.19. The molecule has 0 radical (unpaired) electrons. The highest BCUT2D eigenvalue weighted by atomic mass is 16.3. The molecular formula is C14H13N3O. The number of aliphatic hydroxyl groups excluding tert-OH is 1. The molecule has 0 aliphatic carbocycles. The Balaban J connectivity index is 1.99. The Kier molecular flexibility index (Phi) is 2.78. The maximum atomic E-state index is 8.97. The quantitative estimate of drug-likeness (QED) is 0.760. The van der Waals surface area contributed by atoms with Gasteiger partial charge in [0.15, 0.2) is 0 Å². The van der Waals surface area contributed by atoms with Gasteiger partial charge >= 0.3 is 0 Å². The molecule has 0 fully saturated rings. The van der Waals surface area contributed by atoms with Crippen LogP contribution in [0.25, 0.3) is 10.8 Å². The summed E-state index contributed by atoms with van der Waals surface area (Å²) in [6.07, 6.45) is 1.77. The van der Waals surface area contributed by atoms with Gasteiger partial charge in [0.05, 0.1) is 19.3 Å². The Morgan fingerprint density at radius 3 is 2.72 bits per heavy atom. The number of hydrogen-bond acceptors (Lipinski definition) is 3. The van der Waals surface area contributed by atoms with E-state index in [1.165, 1.54) is 16.3 Å². The number of hydrogen-bond donors (Lipinski definition) is 1. The van der Waals surface area contributed by atoms with Crippen molar-refractivity contribution in [2.24, 2.45) is 0 Å². The van der Waals surface area contributed by atoms with Gasteiger partial charge in [0.25, 0.3) is 0 Å². The van der Waals surface area contributed by atoms with E-state index in [9.17, 15) is 0 Å². The van der Waals surface area contributed by atoms with Gasteiger partial charge in [-0.15, -0.1) is 5.10 Å². The van der Waals surface area contributed by atoms with Crippen molar-refractivity contribution in [2.75, 3.05) is 0 Å². The number of aliphatic hydroxyl groups is 1. The summed E-state index contributed by atoms with van der Waals surface area (Å²) in [4.78, 5) is 0. The smallest absolute Gasteiger partial charge is 0.108 e. The molecule has 0 bridgehead atoms. The van der Waals surface area contributed by atoms with Gasteiger partial charge < -0.3 is 5.11 Å². The molecule has 0 amide bonds. The van der Waals surface area contributed by atoms with Crippen molar-refractivity contribution in [2.45, 2.75) is 13.2 Å². The van der Waals surface area contributed by atoms with Gasteiger partial charge in [-0.25, -0.2) is 4.68 Å². The monoisotopic (exact) mass is 239 g/mol. The molecule has 1 aromatic heterocycles. The molecule has 0 unspecified atom stereocenters. The maximum absolute atomic E-state index is 8.97. The van der Waals surface area contributed by atoms with Crippen LogP contribution in [-0.4, -0.2) is 20.1 Å². The van der Waals surface area contributed by atoms with Crippen molar-refractivity contribution in [1.29, 1.82) is 0 Å². The van der Waals surface area contributed by atoms with Crippen molar-refractivity contribution in [3.8, 4) is 0 Å². The van der Waals surface area contributed by atoms with Crippen LogP contribution in [0.1, 0.15) is 11.3 Å². The fourth-order valence-corrected chi connectivity index (χ4v) is 2.09. The fraction of sp³-hybridized carbons (Fsp3) is 0.143. The number of benzene rings is 2. The molecule has 0 saturated carbocycles. The molecule has 90 valence electrons. The fourth-order valence-electron chi connectivity index (χ4n) is 2.09. The van der Waals surface area contributed by atoms with Crippen LogP contribution in [0.2, 0.25) is 0 Å². The van der Waals surface area contributed by atoms with Crippen LogP contribution in [0.15, 0.2) is 48.7 Å². The molecular weight excluding hydrogens is 226 g/mol. The number of rotatable bonds is 3. The highest BCUT2D eigenvalue weighted by Gasteiger charge is 2.03. The third kappa shape index (κ3) is 1.98. The van der Waals surface area contributed by atoms with E-state index in [0.29, 0.717) is 12.2 Å². The van der Waals surface area contributed by atoms with Crippen molar-refractivity contribution in [3.05, 3.63) is 59.9 Å². The summed E-state index contributed by atoms with van der Waals surface area (Å²) < 4.78 is 1.74. The zero-order valence-electron chi connectivity index (χ0n) is 9.82. The SMILES string of the molecule is OCc1cn(Cc2cccc3ccccc23)nn1. The number of aromatic nitrogens is 3. The van der Waals surface area contributed by atoms with E-state index >= 15 is 0 Å². The summed E-state index contributed by atoms with van der Waals surface area (Å²) in [5.74, 6) is 0. The van der Waals surface area contributed by atoms with E-state index in [4.69, 9.17) is 5.11 Å². The van der Waals surface area contributed by atoms with Crippen LogP contribution in [0.3, 0.4) is 0 Å². The second kappa shape index (κ2) is 4.58. The number of fused-ring (bicyclic) bond motifs is 1. The first kappa shape index (κ1) is 10.9. The summed E-state index contributed by atoms with van der Waals surface area (Å²) in [6, 6.07) is 14.5. The van der Waals surface area contributed by atoms with Crippen LogP contribution in [0.4, 0.5) is 0 Å². The van der Waals surface area contributed by atoms with Gasteiger partial charge in [-0.05, 0) is 16.3 Å². The lowest BCUT2D eigenvalue weighted by Crippen LogP contribution is -2.01. The molecule has 3 rings (SSSR count). The standard InChI is InChI=1S/C14H13N3O/c18-10-13-9-17(16-15-13)8-12-6-3-5-11-4-1-2-7-14(11)12/h1-7,9,18H,8,10H2. The summed E-state index contributed by atoms with van der Waals surface area (Å²) >= 11 is 0. The molecule has 0 spiro atoms. The Morgan fingerprint density at radius 2 is 1.89 bits per heavy atom. The molecule has 3 aromatic rings. The first-order chi connectivity index (χ1) is 8.86. The van der Waals surface area contributed by atoms with E-state index in [-0.39, 0.29) is 6.61 Å². The van der Waals surface area contributed by atoms with Gasteiger partial charge in [-0.2, -0.15) is 0 Å². The van der Waals surface area contributed by atoms with Crippen molar-refractivity contribution < 1.29 is 5.11 Å². The van der Waals surface area contributed by atoms with Crippen molar-refractivity contribution in [1.82, 2.24) is 15.0 Å². The van der Waals surface area contributed by atoms with Gasteiger partial charge in [-0.1, -0.05) is 47.7 Å². The molecule has 0 saturated heterocycles. The van der Waals surface area contributed by atoms with Gasteiger partial charge in [-0.3, -0.25) is 0 Å². The molecule has 1 N–H and O–H groups in total. The largest absolute Gasteiger partial charge is 0.390 e. The molecule has 2 aromatic carbocycles. The molecule has 1 heterocycles. The average molecular weight is 239 g/mol. The maximum Gasteiger partial charge on any atom is 0.108 e. The topological polar surface area (TPSA) is 50.9 Å². The lowest BCUT2D eigenvalue weighted by Gasteiger charge is -2.05. The molecule has 0 aliphatic rings. The Labute approximate surface area is 104 Å². The first-order valence-electron chi connectivity index (χ1n) is 5.83. The zero-order chi connectivity index (χ0) is 12.4. The van der Waals surface area contributed by atoms with E-state index in [0.717, 1.165) is 0 Å². The second-order valence-corrected chi connectivity index (χ2v) is 4.20. The number of nitrogens with zero attached hydrogens (tertiary/aromatic N) is 3. The molecule has 4 nitrogen and oxygen atoms in total.